The second kappa shape index (κ2) is 9.93. The number of nitrogens with zero attached hydrogens (tertiary/aromatic N) is 3. The highest BCUT2D eigenvalue weighted by molar-refractivity contribution is 7.92. The van der Waals surface area contributed by atoms with Gasteiger partial charge in [0.15, 0.2) is 9.84 Å². The summed E-state index contributed by atoms with van der Waals surface area (Å²) in [5, 5.41) is 0. The molecule has 2 heterocycles. The molecule has 7 nitrogen and oxygen atoms in total. The summed E-state index contributed by atoms with van der Waals surface area (Å²) in [6.45, 7) is 4.37. The Bertz CT molecular complexity index is 917. The summed E-state index contributed by atoms with van der Waals surface area (Å²) in [4.78, 5) is 18.6. The summed E-state index contributed by atoms with van der Waals surface area (Å²) in [5.74, 6) is -0.250. The van der Waals surface area contributed by atoms with E-state index in [0.29, 0.717) is 13.0 Å². The average Bonchev–Trinajstić information content (AvgIpc) is 3.04. The van der Waals surface area contributed by atoms with E-state index in [0.717, 1.165) is 5.69 Å². The molecule has 1 aromatic heterocycles. The molecule has 1 aromatic carbocycles. The first-order valence-electron chi connectivity index (χ1n) is 8.99. The minimum atomic E-state index is -3.19. The van der Waals surface area contributed by atoms with E-state index in [1.165, 1.54) is 5.56 Å². The average molecular weight is 463 g/mol. The summed E-state index contributed by atoms with van der Waals surface area (Å²) in [7, 11) is -3.19. The molecule has 1 saturated heterocycles. The van der Waals surface area contributed by atoms with Crippen molar-refractivity contribution in [3.8, 4) is 0 Å². The Balaban J connectivity index is 0.00000210. The molecule has 0 aliphatic carbocycles. The molecule has 0 spiro atoms. The van der Waals surface area contributed by atoms with Gasteiger partial charge in [0.25, 0.3) is 0 Å². The van der Waals surface area contributed by atoms with Crippen LogP contribution in [-0.4, -0.2) is 58.4 Å². The third kappa shape index (κ3) is 5.94. The molecule has 10 heteroatoms. The topological polar surface area (TPSA) is 98.3 Å². The lowest BCUT2D eigenvalue weighted by Gasteiger charge is -2.38. The fraction of sp³-hybridized carbons (Fsp3) is 0.474. The van der Waals surface area contributed by atoms with Gasteiger partial charge in [-0.3, -0.25) is 4.79 Å². The van der Waals surface area contributed by atoms with E-state index >= 15 is 0 Å². The number of aromatic nitrogens is 2. The molecule has 1 atom stereocenters. The van der Waals surface area contributed by atoms with Crippen LogP contribution in [0, 0.1) is 0 Å². The maximum absolute atomic E-state index is 12.7. The predicted octanol–water partition coefficient (Wildman–Crippen LogP) is 1.68. The third-order valence-electron chi connectivity index (χ3n) is 5.00. The molecule has 3 rings (SSSR count). The molecule has 0 saturated carbocycles. The molecular formula is C19H28Cl2N4O3S. The van der Waals surface area contributed by atoms with Gasteiger partial charge in [0, 0.05) is 32.3 Å². The van der Waals surface area contributed by atoms with Crippen LogP contribution < -0.4 is 5.73 Å². The molecule has 1 aliphatic heterocycles. The van der Waals surface area contributed by atoms with Crippen molar-refractivity contribution >= 4 is 40.6 Å². The van der Waals surface area contributed by atoms with Crippen molar-refractivity contribution < 1.29 is 13.2 Å². The zero-order valence-electron chi connectivity index (χ0n) is 16.5. The van der Waals surface area contributed by atoms with Gasteiger partial charge in [-0.05, 0) is 19.4 Å². The van der Waals surface area contributed by atoms with Crippen molar-refractivity contribution in [2.24, 2.45) is 5.73 Å². The standard InChI is InChI=1S/C19H26N4O3S.2ClH/c1-19(2)13-23(8-9-27(19,25)26)18(24)17(20)10-16-12-22(14-21-16)11-15-6-4-3-5-7-15;;/h3-7,12,14,17H,8-11,13,20H2,1-2H3;2*1H/t17-;;/m0../s1. The van der Waals surface area contributed by atoms with E-state index in [-0.39, 0.29) is 49.6 Å². The Kier molecular flexibility index (Phi) is 8.71. The van der Waals surface area contributed by atoms with Gasteiger partial charge < -0.3 is 15.2 Å². The van der Waals surface area contributed by atoms with Crippen molar-refractivity contribution in [2.75, 3.05) is 18.8 Å². The van der Waals surface area contributed by atoms with Gasteiger partial charge in [-0.15, -0.1) is 24.8 Å². The van der Waals surface area contributed by atoms with Crippen molar-refractivity contribution in [3.63, 3.8) is 0 Å². The van der Waals surface area contributed by atoms with Crippen LogP contribution in [0.3, 0.4) is 0 Å². The number of sulfone groups is 1. The lowest BCUT2D eigenvalue weighted by atomic mass is 10.1. The van der Waals surface area contributed by atoms with E-state index < -0.39 is 20.6 Å². The summed E-state index contributed by atoms with van der Waals surface area (Å²) in [6.07, 6.45) is 3.95. The highest BCUT2D eigenvalue weighted by Crippen LogP contribution is 2.24. The molecule has 1 amide bonds. The minimum Gasteiger partial charge on any atom is -0.339 e. The maximum Gasteiger partial charge on any atom is 0.239 e. The van der Waals surface area contributed by atoms with E-state index in [9.17, 15) is 13.2 Å². The smallest absolute Gasteiger partial charge is 0.239 e. The molecular weight excluding hydrogens is 435 g/mol. The Morgan fingerprint density at radius 3 is 2.52 bits per heavy atom. The minimum absolute atomic E-state index is 0. The van der Waals surface area contributed by atoms with Crippen molar-refractivity contribution in [2.45, 2.75) is 37.6 Å². The summed E-state index contributed by atoms with van der Waals surface area (Å²) < 4.78 is 25.2. The van der Waals surface area contributed by atoms with E-state index in [2.05, 4.69) is 4.98 Å². The lowest BCUT2D eigenvalue weighted by Crippen LogP contribution is -2.57. The fourth-order valence-electron chi connectivity index (χ4n) is 3.27. The number of carbonyl (C=O) groups is 1. The molecule has 2 N–H and O–H groups in total. The molecule has 0 unspecified atom stereocenters. The van der Waals surface area contributed by atoms with Crippen LogP contribution >= 0.6 is 24.8 Å². The molecule has 162 valence electrons. The van der Waals surface area contributed by atoms with Gasteiger partial charge in [0.2, 0.25) is 5.91 Å². The normalized spacial score (nSPS) is 18.2. The van der Waals surface area contributed by atoms with Gasteiger partial charge in [-0.2, -0.15) is 0 Å². The van der Waals surface area contributed by atoms with Gasteiger partial charge in [0.05, 0.1) is 28.6 Å². The first-order valence-corrected chi connectivity index (χ1v) is 10.6. The first-order chi connectivity index (χ1) is 12.7. The largest absolute Gasteiger partial charge is 0.339 e. The number of rotatable bonds is 5. The van der Waals surface area contributed by atoms with Crippen LogP contribution in [0.2, 0.25) is 0 Å². The number of carbonyl (C=O) groups excluding carboxylic acids is 1. The van der Waals surface area contributed by atoms with E-state index in [4.69, 9.17) is 5.73 Å². The highest BCUT2D eigenvalue weighted by Gasteiger charge is 2.42. The van der Waals surface area contributed by atoms with Crippen molar-refractivity contribution in [1.82, 2.24) is 14.5 Å². The number of hydrogen-bond acceptors (Lipinski definition) is 5. The van der Waals surface area contributed by atoms with Crippen LogP contribution in [0.1, 0.15) is 25.1 Å². The van der Waals surface area contributed by atoms with Crippen LogP contribution in [0.5, 0.6) is 0 Å². The van der Waals surface area contributed by atoms with Crippen LogP contribution in [-0.2, 0) is 27.6 Å². The van der Waals surface area contributed by atoms with Gasteiger partial charge in [0.1, 0.15) is 0 Å². The highest BCUT2D eigenvalue weighted by atomic mass is 35.5. The van der Waals surface area contributed by atoms with Crippen molar-refractivity contribution in [3.05, 3.63) is 54.1 Å². The Labute approximate surface area is 184 Å². The maximum atomic E-state index is 12.7. The zero-order valence-corrected chi connectivity index (χ0v) is 19.0. The van der Waals surface area contributed by atoms with Gasteiger partial charge >= 0.3 is 0 Å². The molecule has 29 heavy (non-hydrogen) atoms. The zero-order chi connectivity index (χ0) is 19.7. The summed E-state index contributed by atoms with van der Waals surface area (Å²) in [6, 6.07) is 9.30. The molecule has 0 bridgehead atoms. The summed E-state index contributed by atoms with van der Waals surface area (Å²) in [5.41, 5.74) is 8.02. The molecule has 1 aliphatic rings. The number of imidazole rings is 1. The Morgan fingerprint density at radius 2 is 1.90 bits per heavy atom. The third-order valence-corrected chi connectivity index (χ3v) is 7.53. The molecule has 1 fully saturated rings. The van der Waals surface area contributed by atoms with Crippen LogP contribution in [0.15, 0.2) is 42.9 Å². The second-order valence-corrected chi connectivity index (χ2v) is 10.4. The van der Waals surface area contributed by atoms with Crippen LogP contribution in [0.25, 0.3) is 0 Å². The predicted molar refractivity (Wildman–Crippen MR) is 118 cm³/mol. The van der Waals surface area contributed by atoms with E-state index in [1.807, 2.05) is 41.1 Å². The number of nitrogens with two attached hydrogens (primary N) is 1. The number of amides is 1. The van der Waals surface area contributed by atoms with Crippen molar-refractivity contribution in [1.29, 1.82) is 0 Å². The quantitative estimate of drug-likeness (QED) is 0.728. The van der Waals surface area contributed by atoms with Gasteiger partial charge in [-0.25, -0.2) is 13.4 Å². The molecule has 2 aromatic rings. The summed E-state index contributed by atoms with van der Waals surface area (Å²) >= 11 is 0. The Morgan fingerprint density at radius 1 is 1.24 bits per heavy atom. The van der Waals surface area contributed by atoms with E-state index in [1.54, 1.807) is 25.1 Å². The number of benzene rings is 1. The fourth-order valence-corrected chi connectivity index (χ4v) is 4.64. The Hall–Kier alpha value is -1.61. The SMILES string of the molecule is CC1(C)CN(C(=O)[C@@H](N)Cc2cn(Cc3ccccc3)cn2)CCS1(=O)=O.Cl.Cl. The monoisotopic (exact) mass is 462 g/mol. The number of hydrogen-bond donors (Lipinski definition) is 1. The van der Waals surface area contributed by atoms with Crippen LogP contribution in [0.4, 0.5) is 0 Å². The lowest BCUT2D eigenvalue weighted by molar-refractivity contribution is -0.132. The number of halogens is 2. The first kappa shape index (κ1) is 25.4. The van der Waals surface area contributed by atoms with Gasteiger partial charge in [-0.1, -0.05) is 30.3 Å². The molecule has 0 radical (unpaired) electrons. The second-order valence-electron chi connectivity index (χ2n) is 7.67.